The van der Waals surface area contributed by atoms with E-state index in [4.69, 9.17) is 23.2 Å². The van der Waals surface area contributed by atoms with E-state index in [1.165, 1.54) is 17.0 Å². The number of aliphatic hydroxyl groups excluding tert-OH is 1. The number of aliphatic hydroxyl groups is 1. The summed E-state index contributed by atoms with van der Waals surface area (Å²) >= 11 is 12.4. The van der Waals surface area contributed by atoms with E-state index in [1.807, 2.05) is 25.7 Å². The van der Waals surface area contributed by atoms with Gasteiger partial charge in [0.2, 0.25) is 0 Å². The molecule has 0 bridgehead atoms. The molecule has 0 fully saturated rings. The molecular weight excluding hydrogens is 494 g/mol. The fourth-order valence-corrected chi connectivity index (χ4v) is 5.09. The van der Waals surface area contributed by atoms with Crippen LogP contribution in [0.25, 0.3) is 11.0 Å². The molecule has 1 amide bonds. The predicted molar refractivity (Wildman–Crippen MR) is 136 cm³/mol. The van der Waals surface area contributed by atoms with E-state index in [1.54, 1.807) is 29.1 Å². The number of carbonyl (C=O) groups is 1. The van der Waals surface area contributed by atoms with Crippen molar-refractivity contribution in [3.63, 3.8) is 0 Å². The first kappa shape index (κ1) is 25.5. The number of imidazole rings is 1. The van der Waals surface area contributed by atoms with Crippen LogP contribution in [0.5, 0.6) is 0 Å². The van der Waals surface area contributed by atoms with Gasteiger partial charge in [0.1, 0.15) is 11.4 Å². The summed E-state index contributed by atoms with van der Waals surface area (Å²) in [4.78, 5) is 20.4. The number of anilines is 1. The number of nitrogens with zero attached hydrogens (tertiary/aromatic N) is 4. The molecule has 4 rings (SSSR count). The van der Waals surface area contributed by atoms with Crippen molar-refractivity contribution in [2.45, 2.75) is 39.3 Å². The lowest BCUT2D eigenvalue weighted by atomic mass is 9.90. The molecule has 35 heavy (non-hydrogen) atoms. The van der Waals surface area contributed by atoms with Crippen LogP contribution >= 0.6 is 23.2 Å². The van der Waals surface area contributed by atoms with E-state index in [9.17, 15) is 19.4 Å². The number of rotatable bonds is 7. The van der Waals surface area contributed by atoms with Crippen molar-refractivity contribution >= 4 is 46.0 Å². The second kappa shape index (κ2) is 9.48. The molecule has 2 heterocycles. The van der Waals surface area contributed by atoms with E-state index in [0.29, 0.717) is 34.0 Å². The monoisotopic (exact) mass is 522 g/mol. The Balaban J connectivity index is 1.80. The Morgan fingerprint density at radius 3 is 2.54 bits per heavy atom. The first-order valence-electron chi connectivity index (χ1n) is 11.4. The zero-order chi connectivity index (χ0) is 25.5. The highest BCUT2D eigenvalue weighted by Gasteiger charge is 2.44. The van der Waals surface area contributed by atoms with Crippen LogP contribution in [-0.4, -0.2) is 62.5 Å². The molecule has 3 aromatic rings. The van der Waals surface area contributed by atoms with E-state index in [-0.39, 0.29) is 30.9 Å². The number of carboxylic acid groups (broad SMARTS) is 1. The summed E-state index contributed by atoms with van der Waals surface area (Å²) in [6.45, 7) is 6.57. The molecule has 2 aromatic carbocycles. The Morgan fingerprint density at radius 2 is 1.89 bits per heavy atom. The van der Waals surface area contributed by atoms with E-state index in [2.05, 4.69) is 4.98 Å². The van der Waals surface area contributed by atoms with Crippen molar-refractivity contribution in [1.29, 1.82) is 0 Å². The molecule has 2 N–H and O–H groups in total. The summed E-state index contributed by atoms with van der Waals surface area (Å²) < 4.78 is 15.6. The van der Waals surface area contributed by atoms with Crippen molar-refractivity contribution in [2.24, 2.45) is 5.41 Å². The third-order valence-electron chi connectivity index (χ3n) is 6.38. The topological polar surface area (TPSA) is 81.8 Å². The first-order chi connectivity index (χ1) is 16.4. The molecule has 1 aliphatic heterocycles. The Kier molecular flexibility index (Phi) is 6.92. The molecule has 1 aromatic heterocycles. The van der Waals surface area contributed by atoms with Crippen molar-refractivity contribution in [3.8, 4) is 0 Å². The fourth-order valence-electron chi connectivity index (χ4n) is 4.77. The van der Waals surface area contributed by atoms with Crippen LogP contribution in [0.1, 0.15) is 26.3 Å². The molecule has 7 nitrogen and oxygen atoms in total. The normalized spacial score (nSPS) is 15.3. The summed E-state index contributed by atoms with van der Waals surface area (Å²) in [5.41, 5.74) is 1.42. The Morgan fingerprint density at radius 1 is 1.17 bits per heavy atom. The van der Waals surface area contributed by atoms with Crippen LogP contribution in [0.4, 0.5) is 14.9 Å². The lowest BCUT2D eigenvalue weighted by Gasteiger charge is -2.46. The van der Waals surface area contributed by atoms with Crippen LogP contribution < -0.4 is 4.90 Å². The highest BCUT2D eigenvalue weighted by molar-refractivity contribution is 6.42. The maximum atomic E-state index is 13.8. The maximum absolute atomic E-state index is 13.8. The number of aromatic nitrogens is 2. The minimum absolute atomic E-state index is 0.132. The standard InChI is InChI=1S/C25H29Cl2FN4O3/c1-24(2,3)11-32(23(34)35)25(14-33,12-30-7-6-16-8-17(28)4-5-21(16)30)13-31-15-29-20-9-18(26)19(27)10-22(20)31/h4-5,8-10,15,33H,6-7,11-14H2,1-3H3,(H,34,35)/t25-/m1/s1. The summed E-state index contributed by atoms with van der Waals surface area (Å²) in [6.07, 6.45) is 1.12. The largest absolute Gasteiger partial charge is 0.465 e. The lowest BCUT2D eigenvalue weighted by Crippen LogP contribution is -2.63. The molecule has 0 radical (unpaired) electrons. The molecule has 10 heteroatoms. The van der Waals surface area contributed by atoms with Gasteiger partial charge in [0.05, 0.1) is 40.6 Å². The maximum Gasteiger partial charge on any atom is 0.407 e. The fraction of sp³-hybridized carbons (Fsp3) is 0.440. The third kappa shape index (κ3) is 5.20. The van der Waals surface area contributed by atoms with Gasteiger partial charge in [-0.25, -0.2) is 14.2 Å². The number of halogens is 3. The smallest absolute Gasteiger partial charge is 0.407 e. The molecule has 1 aliphatic rings. The molecule has 0 spiro atoms. The van der Waals surface area contributed by atoms with Crippen LogP contribution in [0.15, 0.2) is 36.7 Å². The SMILES string of the molecule is CC(C)(C)CN(C(=O)O)[C@](CO)(CN1CCc2cc(F)ccc21)Cn1cnc2cc(Cl)c(Cl)cc21. The molecule has 0 unspecified atom stereocenters. The average molecular weight is 523 g/mol. The van der Waals surface area contributed by atoms with Crippen LogP contribution in [0.2, 0.25) is 10.0 Å². The van der Waals surface area contributed by atoms with Gasteiger partial charge in [-0.2, -0.15) is 0 Å². The molecule has 0 saturated carbocycles. The van der Waals surface area contributed by atoms with Crippen LogP contribution in [-0.2, 0) is 13.0 Å². The number of hydrogen-bond acceptors (Lipinski definition) is 4. The molecule has 0 saturated heterocycles. The summed E-state index contributed by atoms with van der Waals surface area (Å²) in [6, 6.07) is 7.97. The Hall–Kier alpha value is -2.55. The van der Waals surface area contributed by atoms with Gasteiger partial charge in [0.15, 0.2) is 0 Å². The van der Waals surface area contributed by atoms with Gasteiger partial charge in [-0.1, -0.05) is 44.0 Å². The second-order valence-electron chi connectivity index (χ2n) is 10.4. The van der Waals surface area contributed by atoms with Gasteiger partial charge in [-0.15, -0.1) is 0 Å². The second-order valence-corrected chi connectivity index (χ2v) is 11.2. The molecule has 0 aliphatic carbocycles. The number of hydrogen-bond donors (Lipinski definition) is 2. The van der Waals surface area contributed by atoms with Gasteiger partial charge in [-0.3, -0.25) is 4.90 Å². The highest BCUT2D eigenvalue weighted by atomic mass is 35.5. The van der Waals surface area contributed by atoms with Gasteiger partial charge < -0.3 is 19.7 Å². The Bertz CT molecular complexity index is 1260. The van der Waals surface area contributed by atoms with Gasteiger partial charge in [0.25, 0.3) is 0 Å². The minimum atomic E-state index is -1.23. The van der Waals surface area contributed by atoms with Crippen molar-refractivity contribution in [3.05, 3.63) is 58.1 Å². The zero-order valence-electron chi connectivity index (χ0n) is 19.9. The average Bonchev–Trinajstić information content (AvgIpc) is 3.34. The number of amides is 1. The summed E-state index contributed by atoms with van der Waals surface area (Å²) in [5.74, 6) is -0.306. The predicted octanol–water partition coefficient (Wildman–Crippen LogP) is 5.30. The zero-order valence-corrected chi connectivity index (χ0v) is 21.4. The quantitative estimate of drug-likeness (QED) is 0.439. The Labute approximate surface area is 213 Å². The first-order valence-corrected chi connectivity index (χ1v) is 12.1. The minimum Gasteiger partial charge on any atom is -0.465 e. The third-order valence-corrected chi connectivity index (χ3v) is 7.10. The number of benzene rings is 2. The van der Waals surface area contributed by atoms with Gasteiger partial charge >= 0.3 is 6.09 Å². The van der Waals surface area contributed by atoms with E-state index < -0.39 is 18.2 Å². The molecular formula is C25H29Cl2FN4O3. The van der Waals surface area contributed by atoms with Crippen molar-refractivity contribution in [1.82, 2.24) is 14.5 Å². The highest BCUT2D eigenvalue weighted by Crippen LogP contribution is 2.34. The van der Waals surface area contributed by atoms with E-state index in [0.717, 1.165) is 11.3 Å². The summed E-state index contributed by atoms with van der Waals surface area (Å²) in [5, 5.41) is 21.9. The van der Waals surface area contributed by atoms with E-state index >= 15 is 0 Å². The molecule has 1 atom stereocenters. The van der Waals surface area contributed by atoms with Gasteiger partial charge in [0, 0.05) is 25.3 Å². The molecule has 188 valence electrons. The van der Waals surface area contributed by atoms with Crippen molar-refractivity contribution in [2.75, 3.05) is 31.1 Å². The van der Waals surface area contributed by atoms with Crippen LogP contribution in [0.3, 0.4) is 0 Å². The lowest BCUT2D eigenvalue weighted by molar-refractivity contribution is 0.00954. The number of fused-ring (bicyclic) bond motifs is 2. The van der Waals surface area contributed by atoms with Crippen molar-refractivity contribution < 1.29 is 19.4 Å². The summed E-state index contributed by atoms with van der Waals surface area (Å²) in [7, 11) is 0. The van der Waals surface area contributed by atoms with Gasteiger partial charge in [-0.05, 0) is 47.7 Å². The van der Waals surface area contributed by atoms with Crippen LogP contribution in [0, 0.1) is 11.2 Å².